The molecule has 1 N–H and O–H groups in total. The van der Waals surface area contributed by atoms with E-state index in [4.69, 9.17) is 0 Å². The predicted octanol–water partition coefficient (Wildman–Crippen LogP) is 3.03. The number of carbonyl (C=O) groups excluding carboxylic acids is 1. The minimum Gasteiger partial charge on any atom is -0.350 e. The van der Waals surface area contributed by atoms with Gasteiger partial charge in [0.25, 0.3) is 5.91 Å². The summed E-state index contributed by atoms with van der Waals surface area (Å²) in [5, 5.41) is 6.93. The lowest BCUT2D eigenvalue weighted by Crippen LogP contribution is -2.30. The lowest BCUT2D eigenvalue weighted by atomic mass is 10.1. The van der Waals surface area contributed by atoms with Crippen molar-refractivity contribution in [2.45, 2.75) is 44.9 Å². The Morgan fingerprint density at radius 3 is 2.83 bits per heavy atom. The van der Waals surface area contributed by atoms with Crippen molar-refractivity contribution in [3.8, 4) is 0 Å². The third-order valence-electron chi connectivity index (χ3n) is 2.46. The quantitative estimate of drug-likeness (QED) is 0.780. The molecular formula is C12H20BrN3OS. The summed E-state index contributed by atoms with van der Waals surface area (Å²) in [5.74, 6) is 0.564. The van der Waals surface area contributed by atoms with Crippen LogP contribution in [0.2, 0.25) is 0 Å². The Hall–Kier alpha value is -0.490. The molecule has 0 aliphatic heterocycles. The molecule has 0 aliphatic rings. The number of aromatic nitrogens is 2. The molecule has 0 spiro atoms. The number of hydrogen-bond acceptors (Lipinski definition) is 4. The van der Waals surface area contributed by atoms with Crippen LogP contribution in [0.4, 0.5) is 0 Å². The molecule has 4 nitrogen and oxygen atoms in total. The summed E-state index contributed by atoms with van der Waals surface area (Å²) < 4.78 is 3.86. The summed E-state index contributed by atoms with van der Waals surface area (Å²) in [7, 11) is 0. The van der Waals surface area contributed by atoms with Crippen LogP contribution in [-0.4, -0.2) is 26.9 Å². The summed E-state index contributed by atoms with van der Waals surface area (Å²) in [4.78, 5) is 13.0. The SMILES string of the molecule is CCCc1nnsc1C(=O)NCC(Br)CC(C)C. The highest BCUT2D eigenvalue weighted by molar-refractivity contribution is 9.09. The molecular weight excluding hydrogens is 314 g/mol. The van der Waals surface area contributed by atoms with E-state index in [2.05, 4.69) is 51.6 Å². The van der Waals surface area contributed by atoms with E-state index in [-0.39, 0.29) is 5.91 Å². The van der Waals surface area contributed by atoms with E-state index in [0.29, 0.717) is 22.2 Å². The molecule has 0 fully saturated rings. The Morgan fingerprint density at radius 2 is 2.22 bits per heavy atom. The maximum Gasteiger partial charge on any atom is 0.264 e. The van der Waals surface area contributed by atoms with Crippen molar-refractivity contribution in [3.63, 3.8) is 0 Å². The summed E-state index contributed by atoms with van der Waals surface area (Å²) in [6, 6.07) is 0. The second-order valence-corrected chi connectivity index (χ2v) is 6.78. The monoisotopic (exact) mass is 333 g/mol. The van der Waals surface area contributed by atoms with Crippen LogP contribution in [0.1, 0.15) is 49.0 Å². The van der Waals surface area contributed by atoms with E-state index in [9.17, 15) is 4.79 Å². The number of rotatable bonds is 7. The molecule has 1 aromatic heterocycles. The van der Waals surface area contributed by atoms with Gasteiger partial charge in [-0.2, -0.15) is 0 Å². The van der Waals surface area contributed by atoms with E-state index in [1.807, 2.05) is 0 Å². The van der Waals surface area contributed by atoms with Gasteiger partial charge in [-0.1, -0.05) is 47.6 Å². The van der Waals surface area contributed by atoms with E-state index in [1.165, 1.54) is 11.5 Å². The molecule has 1 aromatic rings. The highest BCUT2D eigenvalue weighted by Gasteiger charge is 2.16. The van der Waals surface area contributed by atoms with Crippen LogP contribution in [0, 0.1) is 5.92 Å². The van der Waals surface area contributed by atoms with Crippen molar-refractivity contribution in [1.29, 1.82) is 0 Å². The van der Waals surface area contributed by atoms with Gasteiger partial charge in [0.2, 0.25) is 0 Å². The van der Waals surface area contributed by atoms with E-state index < -0.39 is 0 Å². The molecule has 1 rings (SSSR count). The molecule has 1 heterocycles. The number of nitrogens with one attached hydrogen (secondary N) is 1. The average molecular weight is 334 g/mol. The first-order valence-electron chi connectivity index (χ1n) is 6.28. The fourth-order valence-electron chi connectivity index (χ4n) is 1.66. The molecule has 0 saturated heterocycles. The van der Waals surface area contributed by atoms with Gasteiger partial charge in [-0.3, -0.25) is 4.79 Å². The number of carbonyl (C=O) groups is 1. The van der Waals surface area contributed by atoms with E-state index in [0.717, 1.165) is 25.0 Å². The number of alkyl halides is 1. The molecule has 0 radical (unpaired) electrons. The number of amides is 1. The minimum absolute atomic E-state index is 0.0540. The van der Waals surface area contributed by atoms with Gasteiger partial charge in [0.1, 0.15) is 4.88 Å². The molecule has 1 amide bonds. The average Bonchev–Trinajstić information content (AvgIpc) is 2.74. The van der Waals surface area contributed by atoms with Crippen molar-refractivity contribution in [2.24, 2.45) is 5.92 Å². The van der Waals surface area contributed by atoms with Crippen molar-refractivity contribution >= 4 is 33.4 Å². The topological polar surface area (TPSA) is 54.9 Å². The molecule has 18 heavy (non-hydrogen) atoms. The van der Waals surface area contributed by atoms with Gasteiger partial charge in [-0.05, 0) is 30.3 Å². The fourth-order valence-corrected chi connectivity index (χ4v) is 3.19. The second kappa shape index (κ2) is 7.84. The Balaban J connectivity index is 2.47. The standard InChI is InChI=1S/C12H20BrN3OS/c1-4-5-10-11(18-16-15-10)12(17)14-7-9(13)6-8(2)3/h8-9H,4-7H2,1-3H3,(H,14,17). The van der Waals surface area contributed by atoms with Gasteiger partial charge in [0.05, 0.1) is 5.69 Å². The third-order valence-corrected chi connectivity index (χ3v) is 3.92. The number of hydrogen-bond donors (Lipinski definition) is 1. The number of nitrogens with zero attached hydrogens (tertiary/aromatic N) is 2. The Bertz CT molecular complexity index is 381. The molecule has 0 aliphatic carbocycles. The first kappa shape index (κ1) is 15.6. The zero-order valence-corrected chi connectivity index (χ0v) is 13.5. The zero-order valence-electron chi connectivity index (χ0n) is 11.1. The summed E-state index contributed by atoms with van der Waals surface area (Å²) in [5.41, 5.74) is 0.815. The largest absolute Gasteiger partial charge is 0.350 e. The molecule has 1 unspecified atom stereocenters. The van der Waals surface area contributed by atoms with Crippen LogP contribution in [0.15, 0.2) is 0 Å². The second-order valence-electron chi connectivity index (χ2n) is 4.74. The number of halogens is 1. The van der Waals surface area contributed by atoms with Crippen molar-refractivity contribution in [3.05, 3.63) is 10.6 Å². The molecule has 0 saturated carbocycles. The minimum atomic E-state index is -0.0540. The highest BCUT2D eigenvalue weighted by Crippen LogP contribution is 2.14. The first-order chi connectivity index (χ1) is 8.54. The van der Waals surface area contributed by atoms with Crippen molar-refractivity contribution < 1.29 is 4.79 Å². The van der Waals surface area contributed by atoms with Crippen LogP contribution >= 0.6 is 27.5 Å². The molecule has 6 heteroatoms. The van der Waals surface area contributed by atoms with Crippen molar-refractivity contribution in [2.75, 3.05) is 6.54 Å². The molecule has 1 atom stereocenters. The zero-order chi connectivity index (χ0) is 13.5. The van der Waals surface area contributed by atoms with Crippen LogP contribution < -0.4 is 5.32 Å². The van der Waals surface area contributed by atoms with E-state index in [1.54, 1.807) is 0 Å². The lowest BCUT2D eigenvalue weighted by Gasteiger charge is -2.12. The summed E-state index contributed by atoms with van der Waals surface area (Å²) >= 11 is 4.75. The van der Waals surface area contributed by atoms with Crippen LogP contribution in [-0.2, 0) is 6.42 Å². The highest BCUT2D eigenvalue weighted by atomic mass is 79.9. The molecule has 0 aromatic carbocycles. The van der Waals surface area contributed by atoms with Gasteiger partial charge in [-0.25, -0.2) is 0 Å². The predicted molar refractivity (Wildman–Crippen MR) is 78.4 cm³/mol. The maximum absolute atomic E-state index is 12.0. The van der Waals surface area contributed by atoms with Gasteiger partial charge in [0.15, 0.2) is 0 Å². The van der Waals surface area contributed by atoms with Crippen LogP contribution in [0.5, 0.6) is 0 Å². The van der Waals surface area contributed by atoms with Gasteiger partial charge in [0, 0.05) is 11.4 Å². The Kier molecular flexibility index (Phi) is 6.78. The van der Waals surface area contributed by atoms with Gasteiger partial charge < -0.3 is 5.32 Å². The summed E-state index contributed by atoms with van der Waals surface area (Å²) in [6.07, 6.45) is 2.83. The molecule has 0 bridgehead atoms. The maximum atomic E-state index is 12.0. The Morgan fingerprint density at radius 1 is 1.50 bits per heavy atom. The summed E-state index contributed by atoms with van der Waals surface area (Å²) in [6.45, 7) is 7.05. The Labute approximate surface area is 121 Å². The smallest absolute Gasteiger partial charge is 0.264 e. The fraction of sp³-hybridized carbons (Fsp3) is 0.750. The van der Waals surface area contributed by atoms with Crippen molar-refractivity contribution in [1.82, 2.24) is 14.9 Å². The van der Waals surface area contributed by atoms with Gasteiger partial charge in [-0.15, -0.1) is 5.10 Å². The lowest BCUT2D eigenvalue weighted by molar-refractivity contribution is 0.0956. The van der Waals surface area contributed by atoms with Gasteiger partial charge >= 0.3 is 0 Å². The normalized spacial score (nSPS) is 12.7. The van der Waals surface area contributed by atoms with Crippen LogP contribution in [0.3, 0.4) is 0 Å². The third kappa shape index (κ3) is 5.02. The van der Waals surface area contributed by atoms with E-state index >= 15 is 0 Å². The first-order valence-corrected chi connectivity index (χ1v) is 7.97. The molecule has 102 valence electrons. The number of aryl methyl sites for hydroxylation is 1. The van der Waals surface area contributed by atoms with Crippen LogP contribution in [0.25, 0.3) is 0 Å².